The molecule has 0 heterocycles. The highest BCUT2D eigenvalue weighted by atomic mass is 79.9. The normalized spacial score (nSPS) is 11.7. The molecule has 1 aromatic rings. The Balaban J connectivity index is 2.66. The molecule has 6 heteroatoms. The Morgan fingerprint density at radius 2 is 1.75 bits per heavy atom. The average molecular weight is 371 g/mol. The molecule has 0 spiro atoms. The first-order valence-corrected chi connectivity index (χ1v) is 8.44. The third kappa shape index (κ3) is 6.39. The van der Waals surface area contributed by atoms with Crippen molar-refractivity contribution in [3.8, 4) is 5.75 Å². The Labute approximate surface area is 130 Å². The van der Waals surface area contributed by atoms with Crippen LogP contribution in [0.25, 0.3) is 0 Å². The molecule has 0 radical (unpaired) electrons. The van der Waals surface area contributed by atoms with Gasteiger partial charge in [0.1, 0.15) is 5.75 Å². The molecule has 0 unspecified atom stereocenters. The van der Waals surface area contributed by atoms with Crippen LogP contribution in [-0.4, -0.2) is 23.9 Å². The fraction of sp³-hybridized carbons (Fsp3) is 0.571. The van der Waals surface area contributed by atoms with Gasteiger partial charge in [0.2, 0.25) is 0 Å². The zero-order valence-electron chi connectivity index (χ0n) is 11.5. The quantitative estimate of drug-likeness (QED) is 0.355. The van der Waals surface area contributed by atoms with E-state index in [2.05, 4.69) is 15.9 Å². The lowest BCUT2D eigenvalue weighted by Gasteiger charge is -2.14. The van der Waals surface area contributed by atoms with Crippen molar-refractivity contribution in [2.75, 3.05) is 17.7 Å². The Morgan fingerprint density at radius 1 is 1.15 bits per heavy atom. The molecule has 1 nitrogen and oxygen atoms in total. The summed E-state index contributed by atoms with van der Waals surface area (Å²) >= 11 is 4.19. The molecule has 0 bridgehead atoms. The first-order chi connectivity index (χ1) is 9.33. The van der Waals surface area contributed by atoms with Crippen molar-refractivity contribution in [2.45, 2.75) is 37.8 Å². The molecule has 0 N–H and O–H groups in total. The second-order valence-electron chi connectivity index (χ2n) is 4.53. The molecule has 0 atom stereocenters. The summed E-state index contributed by atoms with van der Waals surface area (Å²) in [5.74, 6) is -0.133. The summed E-state index contributed by atoms with van der Waals surface area (Å²) in [6.07, 6.45) is -2.15. The fourth-order valence-corrected chi connectivity index (χ4v) is 3.04. The summed E-state index contributed by atoms with van der Waals surface area (Å²) in [5, 5.41) is 0.946. The maximum atomic E-state index is 12.3. The lowest BCUT2D eigenvalue weighted by Crippen LogP contribution is -2.11. The lowest BCUT2D eigenvalue weighted by atomic mass is 10.1. The molecule has 114 valence electrons. The van der Waals surface area contributed by atoms with Gasteiger partial charge in [-0.25, -0.2) is 0 Å². The summed E-state index contributed by atoms with van der Waals surface area (Å²) in [5.41, 5.74) is 1.66. The van der Waals surface area contributed by atoms with Crippen molar-refractivity contribution in [2.24, 2.45) is 0 Å². The van der Waals surface area contributed by atoms with E-state index in [-0.39, 0.29) is 0 Å². The van der Waals surface area contributed by atoms with Crippen LogP contribution < -0.4 is 4.74 Å². The van der Waals surface area contributed by atoms with Gasteiger partial charge in [-0.3, -0.25) is 0 Å². The van der Waals surface area contributed by atoms with Crippen molar-refractivity contribution in [3.63, 3.8) is 0 Å². The van der Waals surface area contributed by atoms with Crippen LogP contribution in [0.3, 0.4) is 0 Å². The molecule has 0 fully saturated rings. The molecular weight excluding hydrogens is 353 g/mol. The summed E-state index contributed by atoms with van der Waals surface area (Å²) in [4.78, 5) is 0.690. The lowest BCUT2D eigenvalue weighted by molar-refractivity contribution is -0.105. The van der Waals surface area contributed by atoms with Gasteiger partial charge in [-0.15, -0.1) is 11.8 Å². The first kappa shape index (κ1) is 17.7. The minimum Gasteiger partial charge on any atom is -0.494 e. The number of rotatable bonds is 7. The van der Waals surface area contributed by atoms with Crippen LogP contribution in [0.4, 0.5) is 13.2 Å². The Kier molecular flexibility index (Phi) is 7.23. The summed E-state index contributed by atoms with van der Waals surface area (Å²) < 4.78 is 42.4. The van der Waals surface area contributed by atoms with Crippen molar-refractivity contribution >= 4 is 27.7 Å². The van der Waals surface area contributed by atoms with E-state index < -0.39 is 11.9 Å². The van der Waals surface area contributed by atoms with Crippen LogP contribution >= 0.6 is 27.7 Å². The van der Waals surface area contributed by atoms with Gasteiger partial charge in [0.15, 0.2) is 0 Å². The van der Waals surface area contributed by atoms with Crippen molar-refractivity contribution in [3.05, 3.63) is 23.3 Å². The SMILES string of the molecule is Cc1cc(OCCCCBr)cc(C)c1SCC(F)(F)F. The number of thioether (sulfide) groups is 1. The zero-order valence-corrected chi connectivity index (χ0v) is 13.9. The molecule has 0 aliphatic rings. The topological polar surface area (TPSA) is 9.23 Å². The molecule has 20 heavy (non-hydrogen) atoms. The van der Waals surface area contributed by atoms with E-state index >= 15 is 0 Å². The van der Waals surface area contributed by atoms with E-state index in [0.29, 0.717) is 11.5 Å². The van der Waals surface area contributed by atoms with Crippen molar-refractivity contribution < 1.29 is 17.9 Å². The number of hydrogen-bond acceptors (Lipinski definition) is 2. The van der Waals surface area contributed by atoms with Gasteiger partial charge < -0.3 is 4.74 Å². The van der Waals surface area contributed by atoms with Crippen LogP contribution in [0.2, 0.25) is 0 Å². The van der Waals surface area contributed by atoms with E-state index in [1.165, 1.54) is 0 Å². The van der Waals surface area contributed by atoms with Gasteiger partial charge in [0.25, 0.3) is 0 Å². The van der Waals surface area contributed by atoms with Crippen LogP contribution in [0.5, 0.6) is 5.75 Å². The highest BCUT2D eigenvalue weighted by molar-refractivity contribution is 9.09. The molecule has 0 saturated heterocycles. The predicted octanol–water partition coefficient (Wildman–Crippen LogP) is 5.51. The Bertz CT molecular complexity index is 412. The number of benzene rings is 1. The van der Waals surface area contributed by atoms with E-state index in [9.17, 15) is 13.2 Å². The first-order valence-electron chi connectivity index (χ1n) is 6.33. The average Bonchev–Trinajstić information content (AvgIpc) is 2.32. The predicted molar refractivity (Wildman–Crippen MR) is 81.2 cm³/mol. The summed E-state index contributed by atoms with van der Waals surface area (Å²) in [6, 6.07) is 3.61. The van der Waals surface area contributed by atoms with E-state index in [1.54, 1.807) is 12.1 Å². The third-order valence-corrected chi connectivity index (χ3v) is 4.58. The van der Waals surface area contributed by atoms with E-state index in [0.717, 1.165) is 46.8 Å². The Morgan fingerprint density at radius 3 is 2.25 bits per heavy atom. The van der Waals surface area contributed by atoms with Gasteiger partial charge in [0, 0.05) is 10.2 Å². The molecule has 1 aromatic carbocycles. The minimum absolute atomic E-state index is 0.625. The maximum absolute atomic E-state index is 12.3. The largest absolute Gasteiger partial charge is 0.494 e. The Hall–Kier alpha value is -0.360. The van der Waals surface area contributed by atoms with Crippen LogP contribution in [-0.2, 0) is 0 Å². The molecular formula is C14H18BrF3OS. The molecule has 0 aliphatic carbocycles. The third-order valence-electron chi connectivity index (χ3n) is 2.61. The highest BCUT2D eigenvalue weighted by Gasteiger charge is 2.27. The molecule has 0 amide bonds. The van der Waals surface area contributed by atoms with E-state index in [4.69, 9.17) is 4.74 Å². The highest BCUT2D eigenvalue weighted by Crippen LogP contribution is 2.34. The number of halogens is 4. The molecule has 0 aliphatic heterocycles. The second-order valence-corrected chi connectivity index (χ2v) is 6.31. The van der Waals surface area contributed by atoms with Gasteiger partial charge in [-0.1, -0.05) is 15.9 Å². The van der Waals surface area contributed by atoms with Crippen LogP contribution in [0.15, 0.2) is 17.0 Å². The standard InChI is InChI=1S/C14H18BrF3OS/c1-10-7-12(19-6-4-3-5-15)8-11(2)13(10)20-9-14(16,17)18/h7-8H,3-6,9H2,1-2H3. The van der Waals surface area contributed by atoms with Crippen LogP contribution in [0.1, 0.15) is 24.0 Å². The zero-order chi connectivity index (χ0) is 15.2. The number of hydrogen-bond donors (Lipinski definition) is 0. The minimum atomic E-state index is -4.14. The number of alkyl halides is 4. The van der Waals surface area contributed by atoms with Gasteiger partial charge in [-0.2, -0.15) is 13.2 Å². The second kappa shape index (κ2) is 8.17. The van der Waals surface area contributed by atoms with Crippen molar-refractivity contribution in [1.29, 1.82) is 0 Å². The summed E-state index contributed by atoms with van der Waals surface area (Å²) in [7, 11) is 0. The number of unbranched alkanes of at least 4 members (excludes halogenated alkanes) is 1. The molecule has 0 saturated carbocycles. The molecule has 1 rings (SSSR count). The van der Waals surface area contributed by atoms with Gasteiger partial charge >= 0.3 is 6.18 Å². The number of aryl methyl sites for hydroxylation is 2. The van der Waals surface area contributed by atoms with Gasteiger partial charge in [-0.05, 0) is 49.9 Å². The summed E-state index contributed by atoms with van der Waals surface area (Å²) in [6.45, 7) is 4.26. The maximum Gasteiger partial charge on any atom is 0.398 e. The van der Waals surface area contributed by atoms with Gasteiger partial charge in [0.05, 0.1) is 12.4 Å². The van der Waals surface area contributed by atoms with Crippen molar-refractivity contribution in [1.82, 2.24) is 0 Å². The monoisotopic (exact) mass is 370 g/mol. The van der Waals surface area contributed by atoms with Crippen LogP contribution in [0, 0.1) is 13.8 Å². The molecule has 0 aromatic heterocycles. The number of ether oxygens (including phenoxy) is 1. The van der Waals surface area contributed by atoms with E-state index in [1.807, 2.05) is 13.8 Å². The fourth-order valence-electron chi connectivity index (χ4n) is 1.76. The smallest absolute Gasteiger partial charge is 0.398 e.